The van der Waals surface area contributed by atoms with Crippen LogP contribution >= 0.6 is 0 Å². The second-order valence-corrected chi connectivity index (χ2v) is 9.83. The fourth-order valence-electron chi connectivity index (χ4n) is 4.67. The first-order valence-corrected chi connectivity index (χ1v) is 11.2. The lowest BCUT2D eigenvalue weighted by molar-refractivity contribution is -0.142. The van der Waals surface area contributed by atoms with Gasteiger partial charge in [-0.1, -0.05) is 17.7 Å². The number of nitrogens with one attached hydrogen (secondary N) is 1. The predicted octanol–water partition coefficient (Wildman–Crippen LogP) is 2.87. The van der Waals surface area contributed by atoms with Gasteiger partial charge in [0, 0.05) is 36.9 Å². The number of carbonyl (C=O) groups excluding carboxylic acids is 1. The van der Waals surface area contributed by atoms with E-state index in [1.165, 1.54) is 11.1 Å². The van der Waals surface area contributed by atoms with E-state index >= 15 is 0 Å². The Kier molecular flexibility index (Phi) is 5.99. The van der Waals surface area contributed by atoms with Crippen molar-refractivity contribution in [1.29, 1.82) is 0 Å². The molecule has 32 heavy (non-hydrogen) atoms. The molecular weight excluding hydrogens is 408 g/mol. The SMILES string of the molecule is Cc1ccc2c(c1)CCc1c(CC(C(=O)O)N3CC[C@H](NC(=O)OC(C)(C)C)C3)ncn1-2. The Balaban J connectivity index is 1.45. The quantitative estimate of drug-likeness (QED) is 0.742. The number of hydrogen-bond donors (Lipinski definition) is 2. The van der Waals surface area contributed by atoms with Crippen LogP contribution in [0.3, 0.4) is 0 Å². The number of carbonyl (C=O) groups is 2. The molecule has 2 aromatic rings. The van der Waals surface area contributed by atoms with Crippen LogP contribution in [0.1, 0.15) is 49.7 Å². The maximum absolute atomic E-state index is 12.1. The van der Waals surface area contributed by atoms with Gasteiger partial charge in [-0.2, -0.15) is 0 Å². The molecule has 1 aromatic heterocycles. The first-order chi connectivity index (χ1) is 15.1. The Labute approximate surface area is 188 Å². The highest BCUT2D eigenvalue weighted by atomic mass is 16.6. The van der Waals surface area contributed by atoms with Gasteiger partial charge in [-0.05, 0) is 58.6 Å². The summed E-state index contributed by atoms with van der Waals surface area (Å²) in [7, 11) is 0. The number of amides is 1. The van der Waals surface area contributed by atoms with Crippen molar-refractivity contribution in [1.82, 2.24) is 19.8 Å². The summed E-state index contributed by atoms with van der Waals surface area (Å²) < 4.78 is 7.43. The molecule has 1 amide bonds. The lowest BCUT2D eigenvalue weighted by Gasteiger charge is -2.25. The van der Waals surface area contributed by atoms with Crippen LogP contribution in [0, 0.1) is 6.92 Å². The molecule has 2 atom stereocenters. The van der Waals surface area contributed by atoms with Gasteiger partial charge in [0.05, 0.1) is 12.0 Å². The van der Waals surface area contributed by atoms with Crippen LogP contribution in [-0.4, -0.2) is 62.4 Å². The summed E-state index contributed by atoms with van der Waals surface area (Å²) in [5, 5.41) is 12.8. The van der Waals surface area contributed by atoms with Gasteiger partial charge in [0.1, 0.15) is 11.6 Å². The smallest absolute Gasteiger partial charge is 0.407 e. The standard InChI is InChI=1S/C24H32N4O4/c1-15-5-7-19-16(11-15)6-8-20-18(25-14-28(19)20)12-21(22(29)30)27-10-9-17(13-27)26-23(31)32-24(2,3)4/h5,7,11,14,17,21H,6,8-10,12-13H2,1-4H3,(H,26,31)(H,29,30)/t17-,21?/m0/s1. The van der Waals surface area contributed by atoms with E-state index < -0.39 is 23.7 Å². The monoisotopic (exact) mass is 440 g/mol. The Hall–Kier alpha value is -2.87. The zero-order chi connectivity index (χ0) is 23.0. The molecule has 172 valence electrons. The van der Waals surface area contributed by atoms with E-state index in [4.69, 9.17) is 4.74 Å². The number of carboxylic acids is 1. The maximum Gasteiger partial charge on any atom is 0.407 e. The highest BCUT2D eigenvalue weighted by Gasteiger charge is 2.35. The van der Waals surface area contributed by atoms with E-state index in [9.17, 15) is 14.7 Å². The molecule has 1 saturated heterocycles. The molecular formula is C24H32N4O4. The number of benzene rings is 1. The van der Waals surface area contributed by atoms with Gasteiger partial charge in [-0.3, -0.25) is 9.69 Å². The molecule has 8 heteroatoms. The van der Waals surface area contributed by atoms with Crippen molar-refractivity contribution >= 4 is 12.1 Å². The third kappa shape index (κ3) is 4.80. The van der Waals surface area contributed by atoms with Gasteiger partial charge in [0.25, 0.3) is 0 Å². The Morgan fingerprint density at radius 2 is 2.09 bits per heavy atom. The van der Waals surface area contributed by atoms with Crippen LogP contribution in [0.2, 0.25) is 0 Å². The highest BCUT2D eigenvalue weighted by molar-refractivity contribution is 5.74. The molecule has 4 rings (SSSR count). The highest BCUT2D eigenvalue weighted by Crippen LogP contribution is 2.28. The third-order valence-corrected chi connectivity index (χ3v) is 6.13. The summed E-state index contributed by atoms with van der Waals surface area (Å²) in [5.74, 6) is -0.864. The van der Waals surface area contributed by atoms with Crippen molar-refractivity contribution < 1.29 is 19.4 Å². The largest absolute Gasteiger partial charge is 0.480 e. The lowest BCUT2D eigenvalue weighted by atomic mass is 9.97. The molecule has 1 unspecified atom stereocenters. The van der Waals surface area contributed by atoms with Crippen LogP contribution in [0.15, 0.2) is 24.5 Å². The summed E-state index contributed by atoms with van der Waals surface area (Å²) in [6.07, 6.45) is 4.16. The second-order valence-electron chi connectivity index (χ2n) is 9.83. The predicted molar refractivity (Wildman–Crippen MR) is 120 cm³/mol. The van der Waals surface area contributed by atoms with E-state index in [1.807, 2.05) is 32.0 Å². The van der Waals surface area contributed by atoms with Gasteiger partial charge in [0.15, 0.2) is 0 Å². The molecule has 0 aliphatic carbocycles. The van der Waals surface area contributed by atoms with Crippen molar-refractivity contribution in [2.75, 3.05) is 13.1 Å². The number of rotatable bonds is 5. The molecule has 2 aliphatic rings. The number of carboxylic acid groups (broad SMARTS) is 1. The van der Waals surface area contributed by atoms with E-state index in [0.717, 1.165) is 29.9 Å². The average molecular weight is 441 g/mol. The second kappa shape index (κ2) is 8.58. The molecule has 2 N–H and O–H groups in total. The number of hydrogen-bond acceptors (Lipinski definition) is 5. The van der Waals surface area contributed by atoms with Crippen LogP contribution in [0.5, 0.6) is 0 Å². The van der Waals surface area contributed by atoms with Gasteiger partial charge in [-0.25, -0.2) is 9.78 Å². The van der Waals surface area contributed by atoms with E-state index in [0.29, 0.717) is 25.9 Å². The first-order valence-electron chi connectivity index (χ1n) is 11.2. The van der Waals surface area contributed by atoms with Crippen LogP contribution in [-0.2, 0) is 28.8 Å². The Morgan fingerprint density at radius 3 is 2.81 bits per heavy atom. The molecule has 0 radical (unpaired) electrons. The summed E-state index contributed by atoms with van der Waals surface area (Å²) >= 11 is 0. The van der Waals surface area contributed by atoms with Crippen LogP contribution < -0.4 is 5.32 Å². The number of alkyl carbamates (subject to hydrolysis) is 1. The van der Waals surface area contributed by atoms with Gasteiger partial charge in [0.2, 0.25) is 0 Å². The molecule has 3 heterocycles. The van der Waals surface area contributed by atoms with Crippen LogP contribution in [0.25, 0.3) is 5.69 Å². The Bertz CT molecular complexity index is 1020. The van der Waals surface area contributed by atoms with Gasteiger partial charge in [-0.15, -0.1) is 0 Å². The van der Waals surface area contributed by atoms with E-state index in [1.54, 1.807) is 0 Å². The number of aryl methyl sites for hydroxylation is 2. The number of aliphatic carboxylic acids is 1. The lowest BCUT2D eigenvalue weighted by Crippen LogP contribution is -2.45. The third-order valence-electron chi connectivity index (χ3n) is 6.13. The van der Waals surface area contributed by atoms with Crippen molar-refractivity contribution in [3.63, 3.8) is 0 Å². The fourth-order valence-corrected chi connectivity index (χ4v) is 4.67. The first kappa shape index (κ1) is 22.3. The number of ether oxygens (including phenoxy) is 1. The summed E-state index contributed by atoms with van der Waals surface area (Å²) in [4.78, 5) is 30.8. The fraction of sp³-hybridized carbons (Fsp3) is 0.542. The summed E-state index contributed by atoms with van der Waals surface area (Å²) in [6, 6.07) is 5.61. The molecule has 8 nitrogen and oxygen atoms in total. The van der Waals surface area contributed by atoms with Crippen molar-refractivity contribution in [2.45, 2.75) is 71.1 Å². The normalized spacial score (nSPS) is 19.2. The number of nitrogens with zero attached hydrogens (tertiary/aromatic N) is 3. The van der Waals surface area contributed by atoms with Gasteiger partial charge >= 0.3 is 12.1 Å². The average Bonchev–Trinajstić information content (AvgIpc) is 3.30. The van der Waals surface area contributed by atoms with Gasteiger partial charge < -0.3 is 19.7 Å². The van der Waals surface area contributed by atoms with Crippen molar-refractivity contribution in [3.05, 3.63) is 47.0 Å². The minimum absolute atomic E-state index is 0.127. The number of aromatic nitrogens is 2. The molecule has 0 saturated carbocycles. The molecule has 2 aliphatic heterocycles. The topological polar surface area (TPSA) is 96.7 Å². The molecule has 0 spiro atoms. The summed E-state index contributed by atoms with van der Waals surface area (Å²) in [6.45, 7) is 8.63. The number of fused-ring (bicyclic) bond motifs is 3. The van der Waals surface area contributed by atoms with Crippen LogP contribution in [0.4, 0.5) is 4.79 Å². The van der Waals surface area contributed by atoms with Crippen molar-refractivity contribution in [3.8, 4) is 5.69 Å². The number of likely N-dealkylation sites (tertiary alicyclic amines) is 1. The minimum atomic E-state index is -0.864. The molecule has 0 bridgehead atoms. The zero-order valence-corrected chi connectivity index (χ0v) is 19.2. The zero-order valence-electron chi connectivity index (χ0n) is 19.2. The van der Waals surface area contributed by atoms with Crippen molar-refractivity contribution in [2.24, 2.45) is 0 Å². The van der Waals surface area contributed by atoms with E-state index in [2.05, 4.69) is 40.0 Å². The molecule has 1 aromatic carbocycles. The number of imidazole rings is 1. The minimum Gasteiger partial charge on any atom is -0.480 e. The van der Waals surface area contributed by atoms with E-state index in [-0.39, 0.29) is 6.04 Å². The Morgan fingerprint density at radius 1 is 1.31 bits per heavy atom. The maximum atomic E-state index is 12.1. The molecule has 1 fully saturated rings. The summed E-state index contributed by atoms with van der Waals surface area (Å²) in [5.41, 5.74) is 5.03.